The average Bonchev–Trinajstić information content (AvgIpc) is 3.06. The normalized spacial score (nSPS) is 17.0. The van der Waals surface area contributed by atoms with Crippen molar-refractivity contribution >= 4 is 16.9 Å². The van der Waals surface area contributed by atoms with Gasteiger partial charge in [0, 0.05) is 16.8 Å². The van der Waals surface area contributed by atoms with Crippen LogP contribution in [0.5, 0.6) is 0 Å². The number of hydrogen-bond acceptors (Lipinski definition) is 1. The van der Waals surface area contributed by atoms with Crippen molar-refractivity contribution in [3.63, 3.8) is 0 Å². The third kappa shape index (κ3) is 1.70. The van der Waals surface area contributed by atoms with Gasteiger partial charge >= 0.3 is 5.97 Å². The molecule has 2 aromatic carbocycles. The first-order chi connectivity index (χ1) is 10.3. The average molecular weight is 277 g/mol. The minimum atomic E-state index is -0.718. The van der Waals surface area contributed by atoms with Crippen LogP contribution in [0.3, 0.4) is 0 Å². The molecule has 1 unspecified atom stereocenters. The van der Waals surface area contributed by atoms with Crippen molar-refractivity contribution in [1.29, 1.82) is 0 Å². The topological polar surface area (TPSA) is 42.2 Å². The number of nitrogens with zero attached hydrogens (tertiary/aromatic N) is 1. The fourth-order valence-electron chi connectivity index (χ4n) is 3.50. The Morgan fingerprint density at radius 3 is 2.52 bits per heavy atom. The molecule has 0 spiro atoms. The lowest BCUT2D eigenvalue weighted by atomic mass is 10.0. The SMILES string of the molecule is O=C(O)C1CCc2c1c1ccccc1n2-c1ccccc1. The number of carbonyl (C=O) groups is 1. The van der Waals surface area contributed by atoms with E-state index in [1.807, 2.05) is 36.4 Å². The maximum atomic E-state index is 11.5. The summed E-state index contributed by atoms with van der Waals surface area (Å²) in [4.78, 5) is 11.5. The number of rotatable bonds is 2. The molecular formula is C18H15NO2. The van der Waals surface area contributed by atoms with E-state index in [0.29, 0.717) is 6.42 Å². The van der Waals surface area contributed by atoms with Crippen molar-refractivity contribution in [2.45, 2.75) is 18.8 Å². The van der Waals surface area contributed by atoms with Gasteiger partial charge in [-0.15, -0.1) is 0 Å². The molecular weight excluding hydrogens is 262 g/mol. The number of aromatic nitrogens is 1. The minimum Gasteiger partial charge on any atom is -0.481 e. The molecule has 3 nitrogen and oxygen atoms in total. The lowest BCUT2D eigenvalue weighted by molar-refractivity contribution is -0.138. The molecule has 1 aromatic heterocycles. The first-order valence-electron chi connectivity index (χ1n) is 7.18. The van der Waals surface area contributed by atoms with Gasteiger partial charge in [-0.05, 0) is 36.6 Å². The Hall–Kier alpha value is -2.55. The van der Waals surface area contributed by atoms with E-state index < -0.39 is 5.97 Å². The monoisotopic (exact) mass is 277 g/mol. The van der Waals surface area contributed by atoms with E-state index in [9.17, 15) is 9.90 Å². The second kappa shape index (κ2) is 4.48. The summed E-state index contributed by atoms with van der Waals surface area (Å²) in [6, 6.07) is 18.3. The van der Waals surface area contributed by atoms with Crippen LogP contribution in [0.2, 0.25) is 0 Å². The van der Waals surface area contributed by atoms with Crippen molar-refractivity contribution in [2.75, 3.05) is 0 Å². The van der Waals surface area contributed by atoms with Crippen LogP contribution in [0.15, 0.2) is 54.6 Å². The van der Waals surface area contributed by atoms with E-state index in [-0.39, 0.29) is 5.92 Å². The van der Waals surface area contributed by atoms with Crippen LogP contribution in [0.4, 0.5) is 0 Å². The van der Waals surface area contributed by atoms with Gasteiger partial charge in [-0.1, -0.05) is 36.4 Å². The van der Waals surface area contributed by atoms with E-state index in [1.165, 1.54) is 0 Å². The van der Waals surface area contributed by atoms with Crippen LogP contribution in [0.25, 0.3) is 16.6 Å². The van der Waals surface area contributed by atoms with Crippen LogP contribution in [-0.4, -0.2) is 15.6 Å². The Morgan fingerprint density at radius 2 is 1.76 bits per heavy atom. The quantitative estimate of drug-likeness (QED) is 0.775. The molecule has 1 atom stereocenters. The molecule has 0 bridgehead atoms. The van der Waals surface area contributed by atoms with Gasteiger partial charge in [-0.3, -0.25) is 4.79 Å². The highest BCUT2D eigenvalue weighted by molar-refractivity contribution is 5.93. The smallest absolute Gasteiger partial charge is 0.311 e. The Balaban J connectivity index is 2.07. The van der Waals surface area contributed by atoms with Gasteiger partial charge in [-0.25, -0.2) is 0 Å². The molecule has 0 aliphatic heterocycles. The Bertz CT molecular complexity index is 833. The number of benzene rings is 2. The van der Waals surface area contributed by atoms with Gasteiger partial charge in [0.15, 0.2) is 0 Å². The fourth-order valence-corrected chi connectivity index (χ4v) is 3.50. The zero-order valence-electron chi connectivity index (χ0n) is 11.5. The van der Waals surface area contributed by atoms with Crippen molar-refractivity contribution in [3.8, 4) is 5.69 Å². The van der Waals surface area contributed by atoms with Crippen LogP contribution >= 0.6 is 0 Å². The highest BCUT2D eigenvalue weighted by atomic mass is 16.4. The highest BCUT2D eigenvalue weighted by Crippen LogP contribution is 2.42. The van der Waals surface area contributed by atoms with Crippen LogP contribution in [0.1, 0.15) is 23.6 Å². The molecule has 1 N–H and O–H groups in total. The molecule has 1 heterocycles. The van der Waals surface area contributed by atoms with Crippen molar-refractivity contribution in [1.82, 2.24) is 4.57 Å². The molecule has 0 radical (unpaired) electrons. The van der Waals surface area contributed by atoms with E-state index in [2.05, 4.69) is 22.8 Å². The predicted molar refractivity (Wildman–Crippen MR) is 82.0 cm³/mol. The summed E-state index contributed by atoms with van der Waals surface area (Å²) < 4.78 is 2.22. The lowest BCUT2D eigenvalue weighted by Gasteiger charge is -2.09. The predicted octanol–water partition coefficient (Wildman–Crippen LogP) is 3.74. The standard InChI is InChI=1S/C18H15NO2/c20-18(21)14-10-11-16-17(14)13-8-4-5-9-15(13)19(16)12-6-2-1-3-7-12/h1-9,14H,10-11H2,(H,20,21). The second-order valence-electron chi connectivity index (χ2n) is 5.48. The zero-order valence-corrected chi connectivity index (χ0v) is 11.5. The summed E-state index contributed by atoms with van der Waals surface area (Å²) in [5.74, 6) is -1.10. The number of fused-ring (bicyclic) bond motifs is 3. The summed E-state index contributed by atoms with van der Waals surface area (Å²) in [6.07, 6.45) is 1.51. The third-order valence-corrected chi connectivity index (χ3v) is 4.35. The van der Waals surface area contributed by atoms with Gasteiger partial charge in [0.2, 0.25) is 0 Å². The molecule has 1 aliphatic carbocycles. The van der Waals surface area contributed by atoms with Gasteiger partial charge in [0.05, 0.1) is 11.4 Å². The zero-order chi connectivity index (χ0) is 14.4. The molecule has 0 fully saturated rings. The highest BCUT2D eigenvalue weighted by Gasteiger charge is 2.34. The molecule has 0 amide bonds. The summed E-state index contributed by atoms with van der Waals surface area (Å²) in [7, 11) is 0. The van der Waals surface area contributed by atoms with E-state index >= 15 is 0 Å². The second-order valence-corrected chi connectivity index (χ2v) is 5.48. The summed E-state index contributed by atoms with van der Waals surface area (Å²) in [5.41, 5.74) is 4.34. The maximum Gasteiger partial charge on any atom is 0.311 e. The summed E-state index contributed by atoms with van der Waals surface area (Å²) in [6.45, 7) is 0. The van der Waals surface area contributed by atoms with Crippen LogP contribution in [-0.2, 0) is 11.2 Å². The maximum absolute atomic E-state index is 11.5. The van der Waals surface area contributed by atoms with Crippen LogP contribution < -0.4 is 0 Å². The van der Waals surface area contributed by atoms with Gasteiger partial charge in [0.25, 0.3) is 0 Å². The molecule has 0 saturated carbocycles. The number of carboxylic acids is 1. The molecule has 21 heavy (non-hydrogen) atoms. The Morgan fingerprint density at radius 1 is 1.05 bits per heavy atom. The summed E-state index contributed by atoms with van der Waals surface area (Å²) in [5, 5.41) is 10.6. The van der Waals surface area contributed by atoms with Crippen molar-refractivity contribution in [2.24, 2.45) is 0 Å². The first-order valence-corrected chi connectivity index (χ1v) is 7.18. The van der Waals surface area contributed by atoms with E-state index in [1.54, 1.807) is 0 Å². The first kappa shape index (κ1) is 12.2. The Kier molecular flexibility index (Phi) is 2.61. The van der Waals surface area contributed by atoms with Gasteiger partial charge in [0.1, 0.15) is 0 Å². The minimum absolute atomic E-state index is 0.380. The largest absolute Gasteiger partial charge is 0.481 e. The number of aliphatic carboxylic acids is 1. The number of hydrogen-bond donors (Lipinski definition) is 1. The van der Waals surface area contributed by atoms with Gasteiger partial charge in [-0.2, -0.15) is 0 Å². The Labute approximate surface area is 122 Å². The van der Waals surface area contributed by atoms with Gasteiger partial charge < -0.3 is 9.67 Å². The number of para-hydroxylation sites is 2. The molecule has 104 valence electrons. The van der Waals surface area contributed by atoms with E-state index in [4.69, 9.17) is 0 Å². The molecule has 3 heteroatoms. The number of carboxylic acid groups (broad SMARTS) is 1. The van der Waals surface area contributed by atoms with Crippen molar-refractivity contribution in [3.05, 3.63) is 65.9 Å². The molecule has 1 aliphatic rings. The fraction of sp³-hybridized carbons (Fsp3) is 0.167. The lowest BCUT2D eigenvalue weighted by Crippen LogP contribution is -2.07. The molecule has 4 rings (SSSR count). The van der Waals surface area contributed by atoms with Crippen LogP contribution in [0, 0.1) is 0 Å². The summed E-state index contributed by atoms with van der Waals surface area (Å²) >= 11 is 0. The van der Waals surface area contributed by atoms with E-state index in [0.717, 1.165) is 34.3 Å². The molecule has 3 aromatic rings. The third-order valence-electron chi connectivity index (χ3n) is 4.35. The van der Waals surface area contributed by atoms with Crippen molar-refractivity contribution < 1.29 is 9.90 Å². The molecule has 0 saturated heterocycles.